The van der Waals surface area contributed by atoms with Gasteiger partial charge in [0.25, 0.3) is 5.91 Å². The van der Waals surface area contributed by atoms with Gasteiger partial charge in [-0.15, -0.1) is 0 Å². The van der Waals surface area contributed by atoms with Crippen molar-refractivity contribution in [2.45, 2.75) is 19.4 Å². The zero-order valence-corrected chi connectivity index (χ0v) is 10.5. The second-order valence-corrected chi connectivity index (χ2v) is 4.81. The van der Waals surface area contributed by atoms with Crippen molar-refractivity contribution >= 4 is 27.8 Å². The number of hydrogen-bond acceptors (Lipinski definition) is 2. The lowest BCUT2D eigenvalue weighted by Gasteiger charge is -2.20. The Kier molecular flexibility index (Phi) is 3.70. The predicted molar refractivity (Wildman–Crippen MR) is 63.3 cm³/mol. The molecule has 0 aromatic heterocycles. The average Bonchev–Trinajstić information content (AvgIpc) is 2.16. The fourth-order valence-electron chi connectivity index (χ4n) is 1.04. The minimum Gasteiger partial charge on any atom is -0.480 e. The van der Waals surface area contributed by atoms with Crippen molar-refractivity contribution in [2.75, 3.05) is 0 Å². The molecule has 86 valence electrons. The van der Waals surface area contributed by atoms with Crippen LogP contribution in [0.15, 0.2) is 28.7 Å². The molecule has 0 radical (unpaired) electrons. The van der Waals surface area contributed by atoms with Crippen molar-refractivity contribution < 1.29 is 14.7 Å². The number of carboxylic acid groups (broad SMARTS) is 1. The molecule has 0 aliphatic heterocycles. The number of carbonyl (C=O) groups is 2. The van der Waals surface area contributed by atoms with Crippen LogP contribution >= 0.6 is 15.9 Å². The molecule has 0 heterocycles. The van der Waals surface area contributed by atoms with Gasteiger partial charge >= 0.3 is 5.97 Å². The summed E-state index contributed by atoms with van der Waals surface area (Å²) >= 11 is 3.24. The summed E-state index contributed by atoms with van der Waals surface area (Å²) in [6.45, 7) is 2.87. The van der Waals surface area contributed by atoms with E-state index in [-0.39, 0.29) is 0 Å². The molecule has 0 saturated carbocycles. The molecule has 5 heteroatoms. The Balaban J connectivity index is 2.85. The molecule has 4 nitrogen and oxygen atoms in total. The molecule has 0 unspecified atom stereocenters. The van der Waals surface area contributed by atoms with Crippen molar-refractivity contribution in [1.29, 1.82) is 0 Å². The minimum absolute atomic E-state index is 0.409. The normalized spacial score (nSPS) is 10.9. The van der Waals surface area contributed by atoms with Gasteiger partial charge in [0.05, 0.1) is 0 Å². The SMILES string of the molecule is CC(C)(NC(=O)c1cccc(Br)c1)C(=O)O. The van der Waals surface area contributed by atoms with E-state index in [0.717, 1.165) is 4.47 Å². The molecule has 0 bridgehead atoms. The molecule has 0 atom stereocenters. The van der Waals surface area contributed by atoms with E-state index in [9.17, 15) is 9.59 Å². The van der Waals surface area contributed by atoms with E-state index in [1.165, 1.54) is 13.8 Å². The fraction of sp³-hybridized carbons (Fsp3) is 0.273. The molecule has 0 fully saturated rings. The number of halogens is 1. The summed E-state index contributed by atoms with van der Waals surface area (Å²) in [5.41, 5.74) is -0.858. The molecule has 1 rings (SSSR count). The number of aliphatic carboxylic acids is 1. The highest BCUT2D eigenvalue weighted by Gasteiger charge is 2.29. The maximum absolute atomic E-state index is 11.7. The number of nitrogens with one attached hydrogen (secondary N) is 1. The fourth-order valence-corrected chi connectivity index (χ4v) is 1.44. The first kappa shape index (κ1) is 12.7. The molecule has 0 saturated heterocycles. The first-order chi connectivity index (χ1) is 7.33. The monoisotopic (exact) mass is 285 g/mol. The zero-order chi connectivity index (χ0) is 12.3. The summed E-state index contributed by atoms with van der Waals surface area (Å²) in [5, 5.41) is 11.3. The molecule has 16 heavy (non-hydrogen) atoms. The van der Waals surface area contributed by atoms with E-state index >= 15 is 0 Å². The molecule has 0 aliphatic rings. The summed E-state index contributed by atoms with van der Waals surface area (Å²) in [4.78, 5) is 22.6. The third kappa shape index (κ3) is 3.06. The minimum atomic E-state index is -1.28. The van der Waals surface area contributed by atoms with Crippen LogP contribution in [0.3, 0.4) is 0 Å². The molecular formula is C11H12BrNO3. The van der Waals surface area contributed by atoms with Gasteiger partial charge in [0.1, 0.15) is 5.54 Å². The third-order valence-corrected chi connectivity index (χ3v) is 2.54. The summed E-state index contributed by atoms with van der Waals surface area (Å²) in [6.07, 6.45) is 0. The van der Waals surface area contributed by atoms with Gasteiger partial charge in [-0.1, -0.05) is 22.0 Å². The second kappa shape index (κ2) is 4.65. The molecule has 1 aromatic carbocycles. The van der Waals surface area contributed by atoms with Crippen LogP contribution in [0, 0.1) is 0 Å². The Morgan fingerprint density at radius 2 is 2.00 bits per heavy atom. The first-order valence-electron chi connectivity index (χ1n) is 4.64. The van der Waals surface area contributed by atoms with Crippen LogP contribution in [-0.4, -0.2) is 22.5 Å². The second-order valence-electron chi connectivity index (χ2n) is 3.89. The molecule has 0 aliphatic carbocycles. The third-order valence-electron chi connectivity index (χ3n) is 2.05. The number of hydrogen-bond donors (Lipinski definition) is 2. The van der Waals surface area contributed by atoms with E-state index in [4.69, 9.17) is 5.11 Å². The summed E-state index contributed by atoms with van der Waals surface area (Å²) in [7, 11) is 0. The number of carbonyl (C=O) groups excluding carboxylic acids is 1. The lowest BCUT2D eigenvalue weighted by molar-refractivity contribution is -0.143. The highest BCUT2D eigenvalue weighted by Crippen LogP contribution is 2.12. The molecule has 0 spiro atoms. The number of carboxylic acids is 1. The van der Waals surface area contributed by atoms with Crippen molar-refractivity contribution in [3.63, 3.8) is 0 Å². The largest absolute Gasteiger partial charge is 0.480 e. The van der Waals surface area contributed by atoms with Gasteiger partial charge in [0.2, 0.25) is 0 Å². The molecule has 1 aromatic rings. The molecule has 1 amide bonds. The first-order valence-corrected chi connectivity index (χ1v) is 5.44. The van der Waals surface area contributed by atoms with E-state index < -0.39 is 17.4 Å². The Morgan fingerprint density at radius 1 is 1.38 bits per heavy atom. The van der Waals surface area contributed by atoms with Crippen molar-refractivity contribution in [2.24, 2.45) is 0 Å². The van der Waals surface area contributed by atoms with E-state index in [1.54, 1.807) is 24.3 Å². The van der Waals surface area contributed by atoms with Gasteiger partial charge in [-0.05, 0) is 32.0 Å². The van der Waals surface area contributed by atoms with E-state index in [2.05, 4.69) is 21.2 Å². The van der Waals surface area contributed by atoms with Gasteiger partial charge in [0.15, 0.2) is 0 Å². The Morgan fingerprint density at radius 3 is 2.50 bits per heavy atom. The van der Waals surface area contributed by atoms with Crippen LogP contribution in [0.4, 0.5) is 0 Å². The van der Waals surface area contributed by atoms with Crippen LogP contribution in [-0.2, 0) is 4.79 Å². The number of benzene rings is 1. The van der Waals surface area contributed by atoms with Crippen LogP contribution in [0.1, 0.15) is 24.2 Å². The van der Waals surface area contributed by atoms with E-state index in [0.29, 0.717) is 5.56 Å². The summed E-state index contributed by atoms with van der Waals surface area (Å²) in [5.74, 6) is -1.48. The smallest absolute Gasteiger partial charge is 0.328 e. The number of rotatable bonds is 3. The van der Waals surface area contributed by atoms with Crippen LogP contribution in [0.2, 0.25) is 0 Å². The van der Waals surface area contributed by atoms with E-state index in [1.807, 2.05) is 0 Å². The van der Waals surface area contributed by atoms with Gasteiger partial charge in [-0.3, -0.25) is 4.79 Å². The highest BCUT2D eigenvalue weighted by atomic mass is 79.9. The Bertz CT molecular complexity index is 429. The number of amides is 1. The molecular weight excluding hydrogens is 274 g/mol. The quantitative estimate of drug-likeness (QED) is 0.893. The topological polar surface area (TPSA) is 66.4 Å². The van der Waals surface area contributed by atoms with Crippen LogP contribution in [0.5, 0.6) is 0 Å². The van der Waals surface area contributed by atoms with Gasteiger partial charge in [0, 0.05) is 10.0 Å². The average molecular weight is 286 g/mol. The van der Waals surface area contributed by atoms with Crippen molar-refractivity contribution in [1.82, 2.24) is 5.32 Å². The maximum Gasteiger partial charge on any atom is 0.328 e. The van der Waals surface area contributed by atoms with Gasteiger partial charge in [-0.2, -0.15) is 0 Å². The van der Waals surface area contributed by atoms with Crippen molar-refractivity contribution in [3.8, 4) is 0 Å². The Hall–Kier alpha value is -1.36. The van der Waals surface area contributed by atoms with Crippen LogP contribution < -0.4 is 5.32 Å². The standard InChI is InChI=1S/C11H12BrNO3/c1-11(2,10(15)16)13-9(14)7-4-3-5-8(12)6-7/h3-6H,1-2H3,(H,13,14)(H,15,16). The Labute approximate surface area is 102 Å². The lowest BCUT2D eigenvalue weighted by atomic mass is 10.1. The molecule has 2 N–H and O–H groups in total. The van der Waals surface area contributed by atoms with Crippen molar-refractivity contribution in [3.05, 3.63) is 34.3 Å². The zero-order valence-electron chi connectivity index (χ0n) is 8.95. The maximum atomic E-state index is 11.7. The van der Waals surface area contributed by atoms with Crippen LogP contribution in [0.25, 0.3) is 0 Å². The summed E-state index contributed by atoms with van der Waals surface area (Å²) < 4.78 is 0.772. The highest BCUT2D eigenvalue weighted by molar-refractivity contribution is 9.10. The summed E-state index contributed by atoms with van der Waals surface area (Å²) in [6, 6.07) is 6.76. The van der Waals surface area contributed by atoms with Gasteiger partial charge < -0.3 is 10.4 Å². The van der Waals surface area contributed by atoms with Gasteiger partial charge in [-0.25, -0.2) is 4.79 Å². The predicted octanol–water partition coefficient (Wildman–Crippen LogP) is 2.04. The lowest BCUT2D eigenvalue weighted by Crippen LogP contribution is -2.49.